The Kier molecular flexibility index (Phi) is 8.77. The molecule has 0 fully saturated rings. The molecule has 34 heavy (non-hydrogen) atoms. The second-order valence-corrected chi connectivity index (χ2v) is 10.1. The van der Waals surface area contributed by atoms with Crippen molar-refractivity contribution in [1.29, 1.82) is 0 Å². The molecular weight excluding hydrogens is 793 g/mol. The quantitative estimate of drug-likeness (QED) is 0.251. The molecule has 0 spiro atoms. The molecule has 1 N–H and O–H groups in total. The van der Waals surface area contributed by atoms with Crippen molar-refractivity contribution in [2.75, 3.05) is 23.9 Å². The van der Waals surface area contributed by atoms with E-state index >= 15 is 0 Å². The summed E-state index contributed by atoms with van der Waals surface area (Å²) in [6.45, 7) is 2.48. The minimum Gasteiger partial charge on any atom is -0.478 e. The molecule has 0 saturated carbocycles. The number of hydrogen-bond acceptors (Lipinski definition) is 7. The van der Waals surface area contributed by atoms with Crippen molar-refractivity contribution in [2.24, 2.45) is 0 Å². The summed E-state index contributed by atoms with van der Waals surface area (Å²) in [5, 5.41) is 33.7. The molecule has 2 amide bonds. The standard InChI is InChI=1S/C19H15I3N4O8/c1-7(27)23(3)9-5-10(12(19(29)30)11(6-9)24(4)8(2)28)13-14(20)17(25(31)32)16(22)18(15(13)21)26(33)34/h5-6H,1-4H3,(H,29,30). The van der Waals surface area contributed by atoms with Gasteiger partial charge in [-0.1, -0.05) is 0 Å². The predicted octanol–water partition coefficient (Wildman–Crippen LogP) is 4.65. The molecule has 2 aromatic rings. The Bertz CT molecular complexity index is 1240. The van der Waals surface area contributed by atoms with Gasteiger partial charge < -0.3 is 14.9 Å². The van der Waals surface area contributed by atoms with E-state index in [1.54, 1.807) is 45.2 Å². The van der Waals surface area contributed by atoms with Crippen LogP contribution in [0.4, 0.5) is 22.7 Å². The summed E-state index contributed by atoms with van der Waals surface area (Å²) in [7, 11) is 2.76. The van der Waals surface area contributed by atoms with Gasteiger partial charge >= 0.3 is 17.3 Å². The van der Waals surface area contributed by atoms with E-state index in [0.29, 0.717) is 0 Å². The van der Waals surface area contributed by atoms with Crippen molar-refractivity contribution in [3.05, 3.63) is 48.6 Å². The molecule has 0 radical (unpaired) electrons. The third kappa shape index (κ3) is 5.09. The minimum atomic E-state index is -1.47. The first-order valence-corrected chi connectivity index (χ1v) is 12.3. The zero-order chi connectivity index (χ0) is 26.2. The van der Waals surface area contributed by atoms with Crippen LogP contribution in [0.3, 0.4) is 0 Å². The Labute approximate surface area is 233 Å². The van der Waals surface area contributed by atoms with E-state index in [4.69, 9.17) is 0 Å². The van der Waals surface area contributed by atoms with Crippen LogP contribution in [0.25, 0.3) is 11.1 Å². The molecule has 0 unspecified atom stereocenters. The van der Waals surface area contributed by atoms with Gasteiger partial charge in [-0.2, -0.15) is 0 Å². The number of halogens is 3. The van der Waals surface area contributed by atoms with Gasteiger partial charge in [-0.3, -0.25) is 29.8 Å². The van der Waals surface area contributed by atoms with Gasteiger partial charge in [0, 0.05) is 44.8 Å². The fourth-order valence-electron chi connectivity index (χ4n) is 3.04. The summed E-state index contributed by atoms with van der Waals surface area (Å²) in [4.78, 5) is 60.9. The van der Waals surface area contributed by atoms with Gasteiger partial charge in [-0.25, -0.2) is 4.79 Å². The van der Waals surface area contributed by atoms with Crippen molar-refractivity contribution >= 4 is 108 Å². The maximum Gasteiger partial charge on any atom is 0.338 e. The second-order valence-electron chi connectivity index (χ2n) is 6.88. The number of hydrogen-bond donors (Lipinski definition) is 1. The molecule has 0 heterocycles. The van der Waals surface area contributed by atoms with Gasteiger partial charge in [-0.15, -0.1) is 0 Å². The topological polar surface area (TPSA) is 164 Å². The molecule has 0 atom stereocenters. The van der Waals surface area contributed by atoms with Crippen LogP contribution in [0, 0.1) is 30.9 Å². The molecule has 15 heteroatoms. The van der Waals surface area contributed by atoms with E-state index < -0.39 is 44.6 Å². The van der Waals surface area contributed by atoms with Crippen LogP contribution in [-0.2, 0) is 9.59 Å². The molecule has 2 rings (SSSR count). The zero-order valence-corrected chi connectivity index (χ0v) is 24.4. The van der Waals surface area contributed by atoms with Gasteiger partial charge in [-0.05, 0) is 79.9 Å². The van der Waals surface area contributed by atoms with Crippen molar-refractivity contribution in [3.63, 3.8) is 0 Å². The highest BCUT2D eigenvalue weighted by Crippen LogP contribution is 2.48. The fraction of sp³-hybridized carbons (Fsp3) is 0.211. The van der Waals surface area contributed by atoms with Crippen molar-refractivity contribution in [2.45, 2.75) is 13.8 Å². The number of nitrogens with zero attached hydrogens (tertiary/aromatic N) is 4. The summed E-state index contributed by atoms with van der Waals surface area (Å²) in [5.74, 6) is -2.39. The predicted molar refractivity (Wildman–Crippen MR) is 148 cm³/mol. The smallest absolute Gasteiger partial charge is 0.338 e. The second kappa shape index (κ2) is 10.6. The van der Waals surface area contributed by atoms with Crippen LogP contribution in [0.2, 0.25) is 0 Å². The van der Waals surface area contributed by atoms with E-state index in [1.807, 2.05) is 0 Å². The maximum atomic E-state index is 12.4. The van der Waals surface area contributed by atoms with Crippen LogP contribution in [0.15, 0.2) is 12.1 Å². The first-order chi connectivity index (χ1) is 15.6. The van der Waals surface area contributed by atoms with Crippen molar-refractivity contribution in [3.8, 4) is 11.1 Å². The Morgan fingerprint density at radius 1 is 0.853 bits per heavy atom. The van der Waals surface area contributed by atoms with Crippen molar-refractivity contribution in [1.82, 2.24) is 0 Å². The number of carbonyl (C=O) groups excluding carboxylic acids is 2. The van der Waals surface area contributed by atoms with Gasteiger partial charge in [0.05, 0.1) is 21.1 Å². The van der Waals surface area contributed by atoms with Gasteiger partial charge in [0.2, 0.25) is 11.8 Å². The van der Waals surface area contributed by atoms with E-state index in [-0.39, 0.29) is 33.2 Å². The van der Waals surface area contributed by atoms with Crippen LogP contribution in [-0.4, -0.2) is 46.8 Å². The number of carbonyl (C=O) groups is 3. The van der Waals surface area contributed by atoms with E-state index in [9.17, 15) is 39.7 Å². The molecule has 2 aromatic carbocycles. The SMILES string of the molecule is CC(=O)N(C)c1cc(-c2c(I)c([N+](=O)[O-])c(I)c([N+](=O)[O-])c2I)c(C(=O)O)c(N(C)C(C)=O)c1. The first kappa shape index (κ1) is 28.1. The third-order valence-electron chi connectivity index (χ3n) is 4.91. The average Bonchev–Trinajstić information content (AvgIpc) is 2.70. The minimum absolute atomic E-state index is 0.0245. The average molecular weight is 808 g/mol. The van der Waals surface area contributed by atoms with Crippen molar-refractivity contribution < 1.29 is 29.3 Å². The summed E-state index contributed by atoms with van der Waals surface area (Å²) in [5.41, 5.74) is -1.58. The summed E-state index contributed by atoms with van der Waals surface area (Å²) < 4.78 is -0.257. The first-order valence-electron chi connectivity index (χ1n) is 9.02. The van der Waals surface area contributed by atoms with Gasteiger partial charge in [0.25, 0.3) is 0 Å². The number of carboxylic acids is 1. The van der Waals surface area contributed by atoms with Crippen LogP contribution < -0.4 is 9.80 Å². The number of aromatic carboxylic acids is 1. The van der Waals surface area contributed by atoms with Gasteiger partial charge in [0.1, 0.15) is 7.14 Å². The lowest BCUT2D eigenvalue weighted by atomic mass is 9.95. The largest absolute Gasteiger partial charge is 0.478 e. The normalized spacial score (nSPS) is 10.6. The summed E-state index contributed by atoms with van der Waals surface area (Å²) in [6, 6.07) is 2.63. The lowest BCUT2D eigenvalue weighted by Gasteiger charge is -2.25. The zero-order valence-electron chi connectivity index (χ0n) is 17.9. The molecule has 0 aliphatic carbocycles. The molecule has 0 bridgehead atoms. The monoisotopic (exact) mass is 808 g/mol. The molecule has 12 nitrogen and oxygen atoms in total. The summed E-state index contributed by atoms with van der Waals surface area (Å²) >= 11 is 4.81. The number of amides is 2. The summed E-state index contributed by atoms with van der Waals surface area (Å²) in [6.07, 6.45) is 0. The maximum absolute atomic E-state index is 12.4. The van der Waals surface area contributed by atoms with E-state index in [1.165, 1.54) is 67.6 Å². The van der Waals surface area contributed by atoms with Crippen LogP contribution in [0.1, 0.15) is 24.2 Å². The van der Waals surface area contributed by atoms with Crippen LogP contribution in [0.5, 0.6) is 0 Å². The van der Waals surface area contributed by atoms with Crippen LogP contribution >= 0.6 is 67.8 Å². The molecule has 0 aliphatic heterocycles. The number of benzene rings is 2. The highest BCUT2D eigenvalue weighted by Gasteiger charge is 2.36. The Morgan fingerprint density at radius 3 is 1.65 bits per heavy atom. The Hall–Kier alpha value is -2.16. The number of anilines is 2. The lowest BCUT2D eigenvalue weighted by molar-refractivity contribution is -0.397. The fourth-order valence-corrected chi connectivity index (χ4v) is 7.57. The molecular formula is C19H15I3N4O8. The third-order valence-corrected chi connectivity index (χ3v) is 8.04. The Morgan fingerprint density at radius 2 is 1.29 bits per heavy atom. The molecule has 180 valence electrons. The number of nitro benzene ring substituents is 2. The van der Waals surface area contributed by atoms with E-state index in [0.717, 1.165) is 4.90 Å². The number of nitro groups is 2. The number of rotatable bonds is 6. The highest BCUT2D eigenvalue weighted by molar-refractivity contribution is 14.1. The lowest BCUT2D eigenvalue weighted by Crippen LogP contribution is -2.27. The number of carboxylic acid groups (broad SMARTS) is 1. The Balaban J connectivity index is 3.25. The van der Waals surface area contributed by atoms with E-state index in [2.05, 4.69) is 0 Å². The molecule has 0 saturated heterocycles. The van der Waals surface area contributed by atoms with Gasteiger partial charge in [0.15, 0.2) is 3.57 Å². The molecule has 0 aromatic heterocycles. The highest BCUT2D eigenvalue weighted by atomic mass is 127. The molecule has 0 aliphatic rings.